The van der Waals surface area contributed by atoms with E-state index in [0.717, 1.165) is 0 Å². The van der Waals surface area contributed by atoms with Crippen molar-refractivity contribution >= 4 is 22.6 Å². The van der Waals surface area contributed by atoms with E-state index in [0.29, 0.717) is 29.3 Å². The molecule has 0 fully saturated rings. The van der Waals surface area contributed by atoms with E-state index in [1.165, 1.54) is 10.9 Å². The first kappa shape index (κ1) is 17.4. The summed E-state index contributed by atoms with van der Waals surface area (Å²) in [4.78, 5) is 37.0. The molecule has 0 aliphatic carbocycles. The summed E-state index contributed by atoms with van der Waals surface area (Å²) >= 11 is 0. The second kappa shape index (κ2) is 7.22. The molecule has 0 aliphatic heterocycles. The highest BCUT2D eigenvalue weighted by molar-refractivity contribution is 6.05. The summed E-state index contributed by atoms with van der Waals surface area (Å²) in [5, 5.41) is 4.99. The third kappa shape index (κ3) is 3.21. The third-order valence-corrected chi connectivity index (χ3v) is 3.88. The SMILES string of the molecule is CCCn1nc(C(=O)NNC(=O)c2occc2C)c2ccccc2c1=O. The zero-order valence-corrected chi connectivity index (χ0v) is 14.4. The number of aryl methyl sites for hydroxylation is 2. The van der Waals surface area contributed by atoms with E-state index in [1.807, 2.05) is 6.92 Å². The zero-order valence-electron chi connectivity index (χ0n) is 14.4. The molecular weight excluding hydrogens is 336 g/mol. The van der Waals surface area contributed by atoms with Crippen molar-refractivity contribution in [3.05, 3.63) is 64.0 Å². The molecule has 8 nitrogen and oxygen atoms in total. The van der Waals surface area contributed by atoms with Crippen molar-refractivity contribution in [1.29, 1.82) is 0 Å². The molecule has 2 heterocycles. The largest absolute Gasteiger partial charge is 0.459 e. The van der Waals surface area contributed by atoms with E-state index in [4.69, 9.17) is 4.42 Å². The lowest BCUT2D eigenvalue weighted by atomic mass is 10.1. The minimum atomic E-state index is -0.622. The van der Waals surface area contributed by atoms with Crippen molar-refractivity contribution in [1.82, 2.24) is 20.6 Å². The quantitative estimate of drug-likeness (QED) is 0.695. The third-order valence-electron chi connectivity index (χ3n) is 3.88. The van der Waals surface area contributed by atoms with Gasteiger partial charge < -0.3 is 4.42 Å². The van der Waals surface area contributed by atoms with E-state index >= 15 is 0 Å². The van der Waals surface area contributed by atoms with E-state index in [9.17, 15) is 14.4 Å². The highest BCUT2D eigenvalue weighted by Gasteiger charge is 2.18. The van der Waals surface area contributed by atoms with Crippen LogP contribution >= 0.6 is 0 Å². The number of nitrogens with zero attached hydrogens (tertiary/aromatic N) is 2. The molecule has 0 radical (unpaired) electrons. The van der Waals surface area contributed by atoms with Crippen LogP contribution in [0.25, 0.3) is 10.8 Å². The van der Waals surface area contributed by atoms with E-state index in [1.54, 1.807) is 37.3 Å². The second-order valence-corrected chi connectivity index (χ2v) is 5.76. The number of carbonyl (C=O) groups excluding carboxylic acids is 2. The minimum absolute atomic E-state index is 0.0603. The van der Waals surface area contributed by atoms with Gasteiger partial charge in [0.1, 0.15) is 0 Å². The van der Waals surface area contributed by atoms with Crippen molar-refractivity contribution in [3.8, 4) is 0 Å². The number of carbonyl (C=O) groups is 2. The summed E-state index contributed by atoms with van der Waals surface area (Å²) in [6, 6.07) is 8.38. The van der Waals surface area contributed by atoms with E-state index in [-0.39, 0.29) is 17.0 Å². The number of amides is 2. The van der Waals surface area contributed by atoms with Gasteiger partial charge in [-0.2, -0.15) is 5.10 Å². The Morgan fingerprint density at radius 2 is 1.81 bits per heavy atom. The molecular formula is C18H18N4O4. The fourth-order valence-electron chi connectivity index (χ4n) is 2.60. The summed E-state index contributed by atoms with van der Waals surface area (Å²) in [6.45, 7) is 4.02. The average molecular weight is 354 g/mol. The normalized spacial score (nSPS) is 10.7. The Labute approximate surface area is 148 Å². The standard InChI is InChI=1S/C18H18N4O4/c1-3-9-22-18(25)13-7-5-4-6-12(13)14(21-22)16(23)19-20-17(24)15-11(2)8-10-26-15/h4-8,10H,3,9H2,1-2H3,(H,19,23)(H,20,24). The maximum absolute atomic E-state index is 12.6. The Hall–Kier alpha value is -3.42. The van der Waals surface area contributed by atoms with Gasteiger partial charge in [-0.05, 0) is 25.5 Å². The first-order chi connectivity index (χ1) is 12.5. The maximum Gasteiger partial charge on any atom is 0.305 e. The van der Waals surface area contributed by atoms with E-state index < -0.39 is 11.8 Å². The lowest BCUT2D eigenvalue weighted by Crippen LogP contribution is -2.42. The lowest BCUT2D eigenvalue weighted by molar-refractivity contribution is 0.0827. The van der Waals surface area contributed by atoms with Gasteiger partial charge in [0.25, 0.3) is 11.5 Å². The van der Waals surface area contributed by atoms with Crippen LogP contribution in [0.5, 0.6) is 0 Å². The number of hydrogen-bond donors (Lipinski definition) is 2. The predicted octanol–water partition coefficient (Wildman–Crippen LogP) is 1.78. The molecule has 0 bridgehead atoms. The van der Waals surface area contributed by atoms with Crippen LogP contribution in [-0.2, 0) is 6.54 Å². The highest BCUT2D eigenvalue weighted by atomic mass is 16.3. The first-order valence-electron chi connectivity index (χ1n) is 8.17. The van der Waals surface area contributed by atoms with Crippen LogP contribution in [0.1, 0.15) is 40.0 Å². The summed E-state index contributed by atoms with van der Waals surface area (Å²) in [5.74, 6) is -1.09. The first-order valence-corrected chi connectivity index (χ1v) is 8.17. The Morgan fingerprint density at radius 3 is 2.46 bits per heavy atom. The number of aromatic nitrogens is 2. The van der Waals surface area contributed by atoms with Gasteiger partial charge in [-0.1, -0.05) is 25.1 Å². The molecule has 2 amide bonds. The van der Waals surface area contributed by atoms with Gasteiger partial charge in [-0.25, -0.2) is 4.68 Å². The van der Waals surface area contributed by atoms with Crippen LogP contribution < -0.4 is 16.4 Å². The predicted molar refractivity (Wildman–Crippen MR) is 94.7 cm³/mol. The zero-order chi connectivity index (χ0) is 18.7. The average Bonchev–Trinajstić information content (AvgIpc) is 3.08. The number of nitrogens with one attached hydrogen (secondary N) is 2. The second-order valence-electron chi connectivity index (χ2n) is 5.76. The molecule has 3 aromatic rings. The molecule has 0 aliphatic rings. The summed E-state index contributed by atoms with van der Waals surface area (Å²) in [7, 11) is 0. The van der Waals surface area contributed by atoms with E-state index in [2.05, 4.69) is 16.0 Å². The monoisotopic (exact) mass is 354 g/mol. The molecule has 0 atom stereocenters. The summed E-state index contributed by atoms with van der Waals surface area (Å²) in [6.07, 6.45) is 2.09. The number of rotatable bonds is 4. The number of fused-ring (bicyclic) bond motifs is 1. The molecule has 0 saturated carbocycles. The van der Waals surface area contributed by atoms with Crippen molar-refractivity contribution in [2.24, 2.45) is 0 Å². The van der Waals surface area contributed by atoms with Crippen molar-refractivity contribution in [2.75, 3.05) is 0 Å². The molecule has 3 rings (SSSR count). The molecule has 0 unspecified atom stereocenters. The Balaban J connectivity index is 1.90. The van der Waals surface area contributed by atoms with Crippen molar-refractivity contribution in [2.45, 2.75) is 26.8 Å². The molecule has 1 aromatic carbocycles. The molecule has 8 heteroatoms. The maximum atomic E-state index is 12.6. The minimum Gasteiger partial charge on any atom is -0.459 e. The number of hydrogen-bond acceptors (Lipinski definition) is 5. The number of benzene rings is 1. The van der Waals surface area contributed by atoms with Gasteiger partial charge in [-0.3, -0.25) is 25.2 Å². The molecule has 0 spiro atoms. The van der Waals surface area contributed by atoms with Gasteiger partial charge >= 0.3 is 5.91 Å². The van der Waals surface area contributed by atoms with Gasteiger partial charge in [0.2, 0.25) is 0 Å². The molecule has 0 saturated heterocycles. The Bertz CT molecular complexity index is 1040. The number of furan rings is 1. The topological polar surface area (TPSA) is 106 Å². The molecule has 2 N–H and O–H groups in total. The van der Waals surface area contributed by atoms with Crippen LogP contribution in [-0.4, -0.2) is 21.6 Å². The fourth-order valence-corrected chi connectivity index (χ4v) is 2.60. The molecule has 2 aromatic heterocycles. The molecule has 134 valence electrons. The Morgan fingerprint density at radius 1 is 1.12 bits per heavy atom. The highest BCUT2D eigenvalue weighted by Crippen LogP contribution is 2.13. The van der Waals surface area contributed by atoms with Crippen LogP contribution in [0.2, 0.25) is 0 Å². The van der Waals surface area contributed by atoms with Crippen LogP contribution in [0, 0.1) is 6.92 Å². The van der Waals surface area contributed by atoms with Gasteiger partial charge in [0, 0.05) is 17.5 Å². The Kier molecular flexibility index (Phi) is 4.83. The molecule has 26 heavy (non-hydrogen) atoms. The number of hydrazine groups is 1. The van der Waals surface area contributed by atoms with Gasteiger partial charge in [-0.15, -0.1) is 0 Å². The summed E-state index contributed by atoms with van der Waals surface area (Å²) in [5.41, 5.74) is 5.07. The van der Waals surface area contributed by atoms with Gasteiger partial charge in [0.05, 0.1) is 11.6 Å². The van der Waals surface area contributed by atoms with Crippen molar-refractivity contribution in [3.63, 3.8) is 0 Å². The van der Waals surface area contributed by atoms with Gasteiger partial charge in [0.15, 0.2) is 11.5 Å². The van der Waals surface area contributed by atoms with Crippen molar-refractivity contribution < 1.29 is 14.0 Å². The lowest BCUT2D eigenvalue weighted by Gasteiger charge is -2.11. The van der Waals surface area contributed by atoms with Crippen LogP contribution in [0.15, 0.2) is 45.8 Å². The van der Waals surface area contributed by atoms with Crippen LogP contribution in [0.4, 0.5) is 0 Å². The summed E-state index contributed by atoms with van der Waals surface area (Å²) < 4.78 is 6.34. The smallest absolute Gasteiger partial charge is 0.305 e. The fraction of sp³-hybridized carbons (Fsp3) is 0.222. The van der Waals surface area contributed by atoms with Crippen LogP contribution in [0.3, 0.4) is 0 Å².